The molecule has 0 aliphatic heterocycles. The molecule has 0 spiro atoms. The summed E-state index contributed by atoms with van der Waals surface area (Å²) >= 11 is 0. The van der Waals surface area contributed by atoms with Crippen molar-refractivity contribution in [3.63, 3.8) is 0 Å². The monoisotopic (exact) mass is 180 g/mol. The van der Waals surface area contributed by atoms with Crippen LogP contribution in [0.25, 0.3) is 11.1 Å². The Morgan fingerprint density at radius 3 is 2.77 bits per heavy atom. The Morgan fingerprint density at radius 1 is 1.23 bits per heavy atom. The minimum absolute atomic E-state index is 0.269. The van der Waals surface area contributed by atoms with Crippen molar-refractivity contribution in [2.75, 3.05) is 14.2 Å². The fraction of sp³-hybridized carbons (Fsp3) is 0.250. The van der Waals surface area contributed by atoms with Gasteiger partial charge in [-0.2, -0.15) is 9.97 Å². The number of rotatable bonds is 2. The first-order valence-electron chi connectivity index (χ1n) is 3.68. The van der Waals surface area contributed by atoms with E-state index in [0.717, 1.165) is 0 Å². The van der Waals surface area contributed by atoms with Crippen molar-refractivity contribution >= 4 is 11.1 Å². The molecule has 0 radical (unpaired) electrons. The summed E-state index contributed by atoms with van der Waals surface area (Å²) in [4.78, 5) is 8.02. The van der Waals surface area contributed by atoms with Crippen molar-refractivity contribution in [3.05, 3.63) is 12.3 Å². The van der Waals surface area contributed by atoms with E-state index < -0.39 is 0 Å². The predicted molar refractivity (Wildman–Crippen MR) is 44.9 cm³/mol. The maximum Gasteiger partial charge on any atom is 0.320 e. The molecule has 0 unspecified atom stereocenters. The smallest absolute Gasteiger partial charge is 0.320 e. The largest absolute Gasteiger partial charge is 0.478 e. The van der Waals surface area contributed by atoms with Crippen LogP contribution < -0.4 is 9.47 Å². The van der Waals surface area contributed by atoms with Gasteiger partial charge < -0.3 is 13.9 Å². The second-order valence-corrected chi connectivity index (χ2v) is 2.35. The molecule has 68 valence electrons. The Kier molecular flexibility index (Phi) is 1.77. The van der Waals surface area contributed by atoms with Gasteiger partial charge in [-0.1, -0.05) is 0 Å². The van der Waals surface area contributed by atoms with Crippen LogP contribution in [0.3, 0.4) is 0 Å². The van der Waals surface area contributed by atoms with E-state index in [1.165, 1.54) is 20.5 Å². The lowest BCUT2D eigenvalue weighted by molar-refractivity contribution is 0.352. The van der Waals surface area contributed by atoms with E-state index in [9.17, 15) is 0 Å². The normalized spacial score (nSPS) is 10.3. The van der Waals surface area contributed by atoms with Gasteiger partial charge in [0.15, 0.2) is 0 Å². The Labute approximate surface area is 74.3 Å². The zero-order chi connectivity index (χ0) is 9.26. The highest BCUT2D eigenvalue weighted by molar-refractivity contribution is 5.77. The minimum Gasteiger partial charge on any atom is -0.478 e. The van der Waals surface area contributed by atoms with Gasteiger partial charge in [-0.3, -0.25) is 0 Å². The van der Waals surface area contributed by atoms with Crippen LogP contribution in [0.1, 0.15) is 0 Å². The first-order chi connectivity index (χ1) is 6.35. The molecule has 0 fully saturated rings. The summed E-state index contributed by atoms with van der Waals surface area (Å²) in [6, 6.07) is 1.99. The number of hydrogen-bond acceptors (Lipinski definition) is 5. The van der Waals surface area contributed by atoms with E-state index in [1.54, 1.807) is 6.07 Å². The van der Waals surface area contributed by atoms with Gasteiger partial charge in [-0.05, 0) is 0 Å². The van der Waals surface area contributed by atoms with Gasteiger partial charge in [-0.15, -0.1) is 0 Å². The highest BCUT2D eigenvalue weighted by atomic mass is 16.5. The summed E-state index contributed by atoms with van der Waals surface area (Å²) in [5.74, 6) is 0.381. The van der Waals surface area contributed by atoms with Gasteiger partial charge in [-0.25, -0.2) is 0 Å². The SMILES string of the molecule is COc1nc(OC)c2occc2n1. The zero-order valence-corrected chi connectivity index (χ0v) is 7.27. The summed E-state index contributed by atoms with van der Waals surface area (Å²) in [5, 5.41) is 0. The molecule has 0 saturated carbocycles. The molecule has 5 nitrogen and oxygen atoms in total. The number of ether oxygens (including phenoxy) is 2. The molecule has 0 aromatic carbocycles. The first kappa shape index (κ1) is 7.85. The van der Waals surface area contributed by atoms with Crippen molar-refractivity contribution in [2.45, 2.75) is 0 Å². The van der Waals surface area contributed by atoms with E-state index in [4.69, 9.17) is 13.9 Å². The van der Waals surface area contributed by atoms with Crippen molar-refractivity contribution < 1.29 is 13.9 Å². The highest BCUT2D eigenvalue weighted by Gasteiger charge is 2.10. The van der Waals surface area contributed by atoms with E-state index in [1.807, 2.05) is 0 Å². The summed E-state index contributed by atoms with van der Waals surface area (Å²) in [6.45, 7) is 0. The molecule has 0 bridgehead atoms. The topological polar surface area (TPSA) is 57.4 Å². The molecule has 0 atom stereocenters. The fourth-order valence-corrected chi connectivity index (χ4v) is 1.05. The fourth-order valence-electron chi connectivity index (χ4n) is 1.05. The third-order valence-electron chi connectivity index (χ3n) is 1.63. The summed E-state index contributed by atoms with van der Waals surface area (Å²) in [5.41, 5.74) is 1.20. The van der Waals surface area contributed by atoms with Crippen molar-refractivity contribution in [2.24, 2.45) is 0 Å². The third-order valence-corrected chi connectivity index (χ3v) is 1.63. The second kappa shape index (κ2) is 2.93. The van der Waals surface area contributed by atoms with Gasteiger partial charge in [0.05, 0.1) is 20.5 Å². The molecule has 0 saturated heterocycles. The van der Waals surface area contributed by atoms with Crippen LogP contribution in [0.5, 0.6) is 11.9 Å². The number of hydrogen-bond donors (Lipinski definition) is 0. The minimum atomic E-state index is 0.269. The Hall–Kier alpha value is -1.78. The zero-order valence-electron chi connectivity index (χ0n) is 7.27. The maximum absolute atomic E-state index is 5.13. The average molecular weight is 180 g/mol. The lowest BCUT2D eigenvalue weighted by atomic mass is 10.4. The third kappa shape index (κ3) is 1.18. The molecule has 2 heterocycles. The van der Waals surface area contributed by atoms with Crippen molar-refractivity contribution in [3.8, 4) is 11.9 Å². The van der Waals surface area contributed by atoms with Crippen LogP contribution in [0.2, 0.25) is 0 Å². The van der Waals surface area contributed by atoms with Gasteiger partial charge in [0.1, 0.15) is 5.52 Å². The van der Waals surface area contributed by atoms with Crippen molar-refractivity contribution in [1.82, 2.24) is 9.97 Å². The molecule has 0 aliphatic carbocycles. The predicted octanol–water partition coefficient (Wildman–Crippen LogP) is 1.24. The molecule has 13 heavy (non-hydrogen) atoms. The van der Waals surface area contributed by atoms with Gasteiger partial charge in [0.25, 0.3) is 5.88 Å². The van der Waals surface area contributed by atoms with Crippen molar-refractivity contribution in [1.29, 1.82) is 0 Å². The molecule has 0 aliphatic rings. The molecule has 2 rings (SSSR count). The molecule has 0 N–H and O–H groups in total. The van der Waals surface area contributed by atoms with Gasteiger partial charge >= 0.3 is 6.01 Å². The van der Waals surface area contributed by atoms with E-state index in [-0.39, 0.29) is 6.01 Å². The average Bonchev–Trinajstić information content (AvgIpc) is 2.63. The Balaban J connectivity index is 2.70. The second-order valence-electron chi connectivity index (χ2n) is 2.35. The Morgan fingerprint density at radius 2 is 2.08 bits per heavy atom. The molecule has 2 aromatic rings. The Bertz CT molecular complexity index is 424. The molecular formula is C8H8N2O3. The number of furan rings is 1. The van der Waals surface area contributed by atoms with Gasteiger partial charge in [0, 0.05) is 6.07 Å². The number of nitrogens with zero attached hydrogens (tertiary/aromatic N) is 2. The summed E-state index contributed by atoms with van der Waals surface area (Å²) in [7, 11) is 3.02. The molecule has 5 heteroatoms. The quantitative estimate of drug-likeness (QED) is 0.695. The lowest BCUT2D eigenvalue weighted by Gasteiger charge is -2.01. The standard InChI is InChI=1S/C8H8N2O3/c1-11-7-6-5(3-4-13-6)9-8(10-7)12-2/h3-4H,1-2H3. The van der Waals surface area contributed by atoms with Crippen LogP contribution in [-0.4, -0.2) is 24.2 Å². The summed E-state index contributed by atoms with van der Waals surface area (Å²) < 4.78 is 15.0. The highest BCUT2D eigenvalue weighted by Crippen LogP contribution is 2.24. The maximum atomic E-state index is 5.13. The van der Waals surface area contributed by atoms with E-state index >= 15 is 0 Å². The molecule has 0 amide bonds. The first-order valence-corrected chi connectivity index (χ1v) is 3.68. The van der Waals surface area contributed by atoms with Gasteiger partial charge in [0.2, 0.25) is 5.58 Å². The van der Waals surface area contributed by atoms with E-state index in [2.05, 4.69) is 9.97 Å². The lowest BCUT2D eigenvalue weighted by Crippen LogP contribution is -1.95. The summed E-state index contributed by atoms with van der Waals surface area (Å²) in [6.07, 6.45) is 1.53. The van der Waals surface area contributed by atoms with Crippen LogP contribution in [0, 0.1) is 0 Å². The molecule has 2 aromatic heterocycles. The van der Waals surface area contributed by atoms with E-state index in [0.29, 0.717) is 17.0 Å². The molecular weight excluding hydrogens is 172 g/mol. The van der Waals surface area contributed by atoms with Crippen LogP contribution in [-0.2, 0) is 0 Å². The number of fused-ring (bicyclic) bond motifs is 1. The number of aromatic nitrogens is 2. The van der Waals surface area contributed by atoms with Crippen LogP contribution in [0.15, 0.2) is 16.7 Å². The number of methoxy groups -OCH3 is 2. The van der Waals surface area contributed by atoms with Crippen LogP contribution >= 0.6 is 0 Å². The van der Waals surface area contributed by atoms with Crippen LogP contribution in [0.4, 0.5) is 0 Å².